The van der Waals surface area contributed by atoms with Gasteiger partial charge in [-0.3, -0.25) is 0 Å². The van der Waals surface area contributed by atoms with Crippen LogP contribution in [0.5, 0.6) is 0 Å². The molecule has 51 heavy (non-hydrogen) atoms. The van der Waals surface area contributed by atoms with E-state index in [-0.39, 0.29) is 0 Å². The third kappa shape index (κ3) is 5.02. The molecule has 0 saturated carbocycles. The van der Waals surface area contributed by atoms with Gasteiger partial charge in [-0.1, -0.05) is 158 Å². The summed E-state index contributed by atoms with van der Waals surface area (Å²) in [5, 5.41) is 5.10. The second-order valence-corrected chi connectivity index (χ2v) is 13.3. The summed E-state index contributed by atoms with van der Waals surface area (Å²) in [6, 6.07) is 72.8. The highest BCUT2D eigenvalue weighted by Gasteiger charge is 2.22. The molecule has 0 fully saturated rings. The first-order chi connectivity index (χ1) is 25.3. The van der Waals surface area contributed by atoms with E-state index in [9.17, 15) is 0 Å². The van der Waals surface area contributed by atoms with Crippen molar-refractivity contribution in [1.82, 2.24) is 0 Å². The van der Waals surface area contributed by atoms with Crippen molar-refractivity contribution < 1.29 is 0 Å². The van der Waals surface area contributed by atoms with Crippen LogP contribution < -0.4 is 4.90 Å². The number of fused-ring (bicyclic) bond motifs is 4. The Morgan fingerprint density at radius 3 is 1.33 bits per heavy atom. The van der Waals surface area contributed by atoms with Crippen LogP contribution in [0, 0.1) is 0 Å². The first-order valence-corrected chi connectivity index (χ1v) is 17.6. The molecule has 238 valence electrons. The first kappa shape index (κ1) is 29.2. The smallest absolute Gasteiger partial charge is 0.0468 e. The van der Waals surface area contributed by atoms with E-state index in [1.54, 1.807) is 0 Å². The molecule has 1 aliphatic rings. The van der Waals surface area contributed by atoms with Crippen molar-refractivity contribution in [3.8, 4) is 55.6 Å². The Kier molecular flexibility index (Phi) is 6.89. The van der Waals surface area contributed by atoms with Gasteiger partial charge in [0.05, 0.1) is 0 Å². The van der Waals surface area contributed by atoms with Crippen LogP contribution in [0.1, 0.15) is 0 Å². The number of hydrogen-bond acceptors (Lipinski definition) is 1. The maximum Gasteiger partial charge on any atom is 0.0468 e. The van der Waals surface area contributed by atoms with Gasteiger partial charge in [-0.05, 0) is 120 Å². The van der Waals surface area contributed by atoms with Gasteiger partial charge >= 0.3 is 0 Å². The van der Waals surface area contributed by atoms with Crippen molar-refractivity contribution in [2.45, 2.75) is 0 Å². The van der Waals surface area contributed by atoms with Gasteiger partial charge in [0.2, 0.25) is 0 Å². The van der Waals surface area contributed by atoms with Crippen LogP contribution in [0.2, 0.25) is 0 Å². The Balaban J connectivity index is 1.05. The van der Waals surface area contributed by atoms with Crippen molar-refractivity contribution in [3.05, 3.63) is 200 Å². The maximum absolute atomic E-state index is 2.36. The number of anilines is 3. The highest BCUT2D eigenvalue weighted by atomic mass is 15.1. The van der Waals surface area contributed by atoms with E-state index in [2.05, 4.69) is 205 Å². The van der Waals surface area contributed by atoms with Crippen LogP contribution in [0.15, 0.2) is 200 Å². The van der Waals surface area contributed by atoms with Gasteiger partial charge < -0.3 is 4.90 Å². The normalized spacial score (nSPS) is 11.5. The van der Waals surface area contributed by atoms with Gasteiger partial charge in [-0.2, -0.15) is 0 Å². The number of rotatable bonds is 6. The molecule has 0 spiro atoms. The molecule has 0 aromatic heterocycles. The van der Waals surface area contributed by atoms with Gasteiger partial charge in [0.25, 0.3) is 0 Å². The van der Waals surface area contributed by atoms with Crippen molar-refractivity contribution >= 4 is 38.6 Å². The third-order valence-corrected chi connectivity index (χ3v) is 10.4. The average Bonchev–Trinajstić information content (AvgIpc) is 3.54. The molecular weight excluding hydrogens is 615 g/mol. The van der Waals surface area contributed by atoms with E-state index >= 15 is 0 Å². The largest absolute Gasteiger partial charge is 0.310 e. The minimum Gasteiger partial charge on any atom is -0.310 e. The molecule has 9 aromatic carbocycles. The highest BCUT2D eigenvalue weighted by Crippen LogP contribution is 2.49. The summed E-state index contributed by atoms with van der Waals surface area (Å²) in [6.45, 7) is 0. The fourth-order valence-corrected chi connectivity index (χ4v) is 7.91. The quantitative estimate of drug-likeness (QED) is 0.174. The first-order valence-electron chi connectivity index (χ1n) is 17.6. The van der Waals surface area contributed by atoms with Crippen molar-refractivity contribution in [2.75, 3.05) is 4.90 Å². The Morgan fingerprint density at radius 1 is 0.255 bits per heavy atom. The lowest BCUT2D eigenvalue weighted by atomic mass is 9.93. The van der Waals surface area contributed by atoms with Gasteiger partial charge in [-0.25, -0.2) is 0 Å². The summed E-state index contributed by atoms with van der Waals surface area (Å²) in [6.07, 6.45) is 0. The molecule has 1 heteroatoms. The average molecular weight is 648 g/mol. The second-order valence-electron chi connectivity index (χ2n) is 13.3. The Bertz CT molecular complexity index is 2600. The molecule has 0 radical (unpaired) electrons. The highest BCUT2D eigenvalue weighted by molar-refractivity contribution is 6.18. The minimum absolute atomic E-state index is 1.12. The summed E-state index contributed by atoms with van der Waals surface area (Å²) in [5.74, 6) is 0. The molecule has 1 nitrogen and oxygen atoms in total. The molecule has 9 aromatic rings. The zero-order chi connectivity index (χ0) is 33.7. The summed E-state index contributed by atoms with van der Waals surface area (Å²) < 4.78 is 0. The zero-order valence-corrected chi connectivity index (χ0v) is 28.0. The van der Waals surface area contributed by atoms with Crippen molar-refractivity contribution in [2.24, 2.45) is 0 Å². The van der Waals surface area contributed by atoms with Crippen molar-refractivity contribution in [3.63, 3.8) is 0 Å². The standard InChI is InChI=1S/C50H33N/c1-3-10-34(11-4-1)36-20-25-41(26-21-36)51(42-27-22-37(23-28-42)35-12-5-2-6-13-35)43-29-24-38-32-40(19-18-39(38)33-43)44-30-31-49-46-15-8-7-14-45(46)48-17-9-16-47(44)50(48)49/h1-33H. The molecule has 0 heterocycles. The molecule has 0 saturated heterocycles. The Labute approximate surface area is 298 Å². The van der Waals surface area contributed by atoms with Crippen LogP contribution in [-0.4, -0.2) is 0 Å². The van der Waals surface area contributed by atoms with Gasteiger partial charge in [0.15, 0.2) is 0 Å². The van der Waals surface area contributed by atoms with E-state index in [4.69, 9.17) is 0 Å². The third-order valence-electron chi connectivity index (χ3n) is 10.4. The summed E-state index contributed by atoms with van der Waals surface area (Å²) in [5.41, 5.74) is 16.0. The molecular formula is C50H33N. The maximum atomic E-state index is 2.36. The number of hydrogen-bond donors (Lipinski definition) is 0. The molecule has 0 N–H and O–H groups in total. The molecule has 0 aliphatic heterocycles. The molecule has 0 atom stereocenters. The molecule has 0 amide bonds. The topological polar surface area (TPSA) is 3.24 Å². The second kappa shape index (κ2) is 12.0. The lowest BCUT2D eigenvalue weighted by Crippen LogP contribution is -2.09. The van der Waals surface area contributed by atoms with E-state index in [1.807, 2.05) is 0 Å². The lowest BCUT2D eigenvalue weighted by molar-refractivity contribution is 1.29. The van der Waals surface area contributed by atoms with Gasteiger partial charge in [0, 0.05) is 17.1 Å². The number of benzene rings is 9. The molecule has 0 unspecified atom stereocenters. The SMILES string of the molecule is c1ccc(-c2ccc(N(c3ccc(-c4ccccc4)cc3)c3ccc4cc(-c5ccc6c7c(cccc57)-c5ccccc5-6)ccc4c3)cc2)cc1. The monoisotopic (exact) mass is 647 g/mol. The Hall–Kier alpha value is -6.70. The molecule has 1 aliphatic carbocycles. The van der Waals surface area contributed by atoms with Crippen LogP contribution in [-0.2, 0) is 0 Å². The van der Waals surface area contributed by atoms with Crippen molar-refractivity contribution in [1.29, 1.82) is 0 Å². The van der Waals surface area contributed by atoms with Crippen LogP contribution in [0.3, 0.4) is 0 Å². The summed E-state index contributed by atoms with van der Waals surface area (Å²) >= 11 is 0. The Morgan fingerprint density at radius 2 is 0.706 bits per heavy atom. The van der Waals surface area contributed by atoms with E-state index in [0.29, 0.717) is 0 Å². The molecule has 0 bridgehead atoms. The summed E-state index contributed by atoms with van der Waals surface area (Å²) in [7, 11) is 0. The fourth-order valence-electron chi connectivity index (χ4n) is 7.91. The van der Waals surface area contributed by atoms with Gasteiger partial charge in [-0.15, -0.1) is 0 Å². The van der Waals surface area contributed by atoms with Gasteiger partial charge in [0.1, 0.15) is 0 Å². The van der Waals surface area contributed by atoms with E-state index in [0.717, 1.165) is 17.1 Å². The van der Waals surface area contributed by atoms with Crippen LogP contribution in [0.25, 0.3) is 77.2 Å². The molecule has 10 rings (SSSR count). The fraction of sp³-hybridized carbons (Fsp3) is 0. The predicted molar refractivity (Wildman–Crippen MR) is 217 cm³/mol. The minimum atomic E-state index is 1.12. The van der Waals surface area contributed by atoms with Crippen LogP contribution >= 0.6 is 0 Å². The lowest BCUT2D eigenvalue weighted by Gasteiger charge is -2.26. The van der Waals surface area contributed by atoms with E-state index < -0.39 is 0 Å². The van der Waals surface area contributed by atoms with Crippen LogP contribution in [0.4, 0.5) is 17.1 Å². The summed E-state index contributed by atoms with van der Waals surface area (Å²) in [4.78, 5) is 2.36. The van der Waals surface area contributed by atoms with E-state index in [1.165, 1.54) is 77.2 Å². The zero-order valence-electron chi connectivity index (χ0n) is 28.0. The number of nitrogens with zero attached hydrogens (tertiary/aromatic N) is 1. The predicted octanol–water partition coefficient (Wildman–Crippen LogP) is 14.1.